The van der Waals surface area contributed by atoms with Crippen molar-refractivity contribution in [2.24, 2.45) is 5.92 Å². The van der Waals surface area contributed by atoms with Crippen LogP contribution in [0.2, 0.25) is 0 Å². The van der Waals surface area contributed by atoms with Crippen molar-refractivity contribution in [1.82, 2.24) is 10.2 Å². The van der Waals surface area contributed by atoms with Crippen LogP contribution in [0.3, 0.4) is 0 Å². The summed E-state index contributed by atoms with van der Waals surface area (Å²) in [5, 5.41) is 3.58. The van der Waals surface area contributed by atoms with Crippen molar-refractivity contribution >= 4 is 0 Å². The lowest BCUT2D eigenvalue weighted by Gasteiger charge is -2.17. The van der Waals surface area contributed by atoms with Crippen LogP contribution >= 0.6 is 0 Å². The molecule has 2 saturated heterocycles. The molecule has 0 aromatic rings. The van der Waals surface area contributed by atoms with E-state index in [1.807, 2.05) is 0 Å². The Hall–Kier alpha value is -0.0800. The summed E-state index contributed by atoms with van der Waals surface area (Å²) in [7, 11) is 0. The molecule has 2 heterocycles. The molecule has 2 aliphatic heterocycles. The number of nitrogens with zero attached hydrogens (tertiary/aromatic N) is 1. The van der Waals surface area contributed by atoms with Gasteiger partial charge in [-0.3, -0.25) is 0 Å². The van der Waals surface area contributed by atoms with Gasteiger partial charge in [-0.25, -0.2) is 0 Å². The molecule has 0 spiro atoms. The van der Waals surface area contributed by atoms with Gasteiger partial charge in [0.2, 0.25) is 0 Å². The summed E-state index contributed by atoms with van der Waals surface area (Å²) < 4.78 is 0. The van der Waals surface area contributed by atoms with Crippen molar-refractivity contribution in [3.63, 3.8) is 0 Å². The summed E-state index contributed by atoms with van der Waals surface area (Å²) in [5.74, 6) is 0.995. The van der Waals surface area contributed by atoms with Crippen molar-refractivity contribution < 1.29 is 0 Å². The highest BCUT2D eigenvalue weighted by Crippen LogP contribution is 2.19. The minimum absolute atomic E-state index is 0.842. The molecular weight excluding hydrogens is 184 g/mol. The summed E-state index contributed by atoms with van der Waals surface area (Å²) in [6, 6.07) is 0.842. The second-order valence-electron chi connectivity index (χ2n) is 5.30. The Morgan fingerprint density at radius 1 is 1.33 bits per heavy atom. The highest BCUT2D eigenvalue weighted by Gasteiger charge is 2.20. The zero-order chi connectivity index (χ0) is 10.5. The Bertz CT molecular complexity index is 175. The zero-order valence-electron chi connectivity index (χ0n) is 10.2. The number of hydrogen-bond donors (Lipinski definition) is 1. The average molecular weight is 210 g/mol. The SMILES string of the molecule is CCC1CCN(CCCC2CCCN2)C1. The topological polar surface area (TPSA) is 15.3 Å². The third-order valence-corrected chi connectivity index (χ3v) is 4.14. The molecule has 0 amide bonds. The Kier molecular flexibility index (Phi) is 4.45. The average Bonchev–Trinajstić information content (AvgIpc) is 2.88. The predicted molar refractivity (Wildman–Crippen MR) is 65.1 cm³/mol. The first-order chi connectivity index (χ1) is 7.38. The Labute approximate surface area is 94.4 Å². The fourth-order valence-corrected chi connectivity index (χ4v) is 3.01. The van der Waals surface area contributed by atoms with E-state index in [-0.39, 0.29) is 0 Å². The van der Waals surface area contributed by atoms with Crippen LogP contribution in [-0.2, 0) is 0 Å². The van der Waals surface area contributed by atoms with Crippen molar-refractivity contribution in [2.45, 2.75) is 51.5 Å². The van der Waals surface area contributed by atoms with Crippen LogP contribution in [0.4, 0.5) is 0 Å². The molecule has 15 heavy (non-hydrogen) atoms. The first kappa shape index (κ1) is 11.4. The molecule has 2 unspecified atom stereocenters. The van der Waals surface area contributed by atoms with Crippen LogP contribution in [0.15, 0.2) is 0 Å². The lowest BCUT2D eigenvalue weighted by atomic mass is 10.1. The van der Waals surface area contributed by atoms with Crippen molar-refractivity contribution in [3.05, 3.63) is 0 Å². The van der Waals surface area contributed by atoms with Gasteiger partial charge < -0.3 is 10.2 Å². The van der Waals surface area contributed by atoms with E-state index in [1.165, 1.54) is 64.7 Å². The molecular formula is C13H26N2. The van der Waals surface area contributed by atoms with Gasteiger partial charge in [-0.1, -0.05) is 13.3 Å². The molecule has 0 saturated carbocycles. The van der Waals surface area contributed by atoms with E-state index >= 15 is 0 Å². The fourth-order valence-electron chi connectivity index (χ4n) is 3.01. The molecule has 2 atom stereocenters. The van der Waals surface area contributed by atoms with Crippen LogP contribution < -0.4 is 5.32 Å². The predicted octanol–water partition coefficient (Wildman–Crippen LogP) is 2.25. The minimum atomic E-state index is 0.842. The van der Waals surface area contributed by atoms with Gasteiger partial charge in [-0.15, -0.1) is 0 Å². The lowest BCUT2D eigenvalue weighted by Crippen LogP contribution is -2.25. The van der Waals surface area contributed by atoms with Crippen LogP contribution in [0, 0.1) is 5.92 Å². The maximum absolute atomic E-state index is 3.58. The maximum Gasteiger partial charge on any atom is 0.00680 e. The zero-order valence-corrected chi connectivity index (χ0v) is 10.2. The first-order valence-corrected chi connectivity index (χ1v) is 6.84. The number of nitrogens with one attached hydrogen (secondary N) is 1. The van der Waals surface area contributed by atoms with Gasteiger partial charge in [0.05, 0.1) is 0 Å². The third kappa shape index (κ3) is 3.46. The summed E-state index contributed by atoms with van der Waals surface area (Å²) in [4.78, 5) is 2.67. The molecule has 0 aromatic carbocycles. The second-order valence-corrected chi connectivity index (χ2v) is 5.30. The van der Waals surface area contributed by atoms with E-state index in [2.05, 4.69) is 17.1 Å². The number of rotatable bonds is 5. The quantitative estimate of drug-likeness (QED) is 0.749. The molecule has 0 bridgehead atoms. The maximum atomic E-state index is 3.58. The van der Waals surface area contributed by atoms with E-state index in [4.69, 9.17) is 0 Å². The molecule has 2 rings (SSSR count). The van der Waals surface area contributed by atoms with Crippen LogP contribution in [0.25, 0.3) is 0 Å². The van der Waals surface area contributed by atoms with Crippen LogP contribution in [0.5, 0.6) is 0 Å². The first-order valence-electron chi connectivity index (χ1n) is 6.84. The fraction of sp³-hybridized carbons (Fsp3) is 1.00. The summed E-state index contributed by atoms with van der Waals surface area (Å²) in [6.07, 6.45) is 8.42. The van der Waals surface area contributed by atoms with Crippen molar-refractivity contribution in [3.8, 4) is 0 Å². The third-order valence-electron chi connectivity index (χ3n) is 4.14. The van der Waals surface area contributed by atoms with Crippen LogP contribution in [-0.4, -0.2) is 37.1 Å². The van der Waals surface area contributed by atoms with E-state index < -0.39 is 0 Å². The van der Waals surface area contributed by atoms with E-state index in [9.17, 15) is 0 Å². The van der Waals surface area contributed by atoms with E-state index in [1.54, 1.807) is 0 Å². The number of hydrogen-bond acceptors (Lipinski definition) is 2. The number of likely N-dealkylation sites (tertiary alicyclic amines) is 1. The summed E-state index contributed by atoms with van der Waals surface area (Å²) in [6.45, 7) is 7.66. The highest BCUT2D eigenvalue weighted by molar-refractivity contribution is 4.77. The van der Waals surface area contributed by atoms with Gasteiger partial charge in [0.25, 0.3) is 0 Å². The largest absolute Gasteiger partial charge is 0.314 e. The van der Waals surface area contributed by atoms with E-state index in [0.29, 0.717) is 0 Å². The molecule has 0 aliphatic carbocycles. The lowest BCUT2D eigenvalue weighted by molar-refractivity contribution is 0.308. The molecule has 2 nitrogen and oxygen atoms in total. The van der Waals surface area contributed by atoms with E-state index in [0.717, 1.165) is 12.0 Å². The van der Waals surface area contributed by atoms with Crippen molar-refractivity contribution in [1.29, 1.82) is 0 Å². The Morgan fingerprint density at radius 3 is 2.93 bits per heavy atom. The minimum Gasteiger partial charge on any atom is -0.314 e. The van der Waals surface area contributed by atoms with Gasteiger partial charge in [0.1, 0.15) is 0 Å². The molecule has 2 fully saturated rings. The normalized spacial score (nSPS) is 32.6. The van der Waals surface area contributed by atoms with Gasteiger partial charge >= 0.3 is 0 Å². The standard InChI is InChI=1S/C13H26N2/c1-2-12-7-10-15(11-12)9-4-6-13-5-3-8-14-13/h12-14H,2-11H2,1H3. The molecule has 88 valence electrons. The van der Waals surface area contributed by atoms with Crippen molar-refractivity contribution in [2.75, 3.05) is 26.2 Å². The second kappa shape index (κ2) is 5.86. The molecule has 2 heteroatoms. The van der Waals surface area contributed by atoms with Gasteiger partial charge in [0.15, 0.2) is 0 Å². The van der Waals surface area contributed by atoms with Gasteiger partial charge in [-0.05, 0) is 57.7 Å². The smallest absolute Gasteiger partial charge is 0.00680 e. The Morgan fingerprint density at radius 2 is 2.27 bits per heavy atom. The molecule has 0 radical (unpaired) electrons. The van der Waals surface area contributed by atoms with Crippen LogP contribution in [0.1, 0.15) is 45.4 Å². The Balaban J connectivity index is 1.54. The van der Waals surface area contributed by atoms with Gasteiger partial charge in [-0.2, -0.15) is 0 Å². The molecule has 2 aliphatic rings. The molecule has 1 N–H and O–H groups in total. The summed E-state index contributed by atoms with van der Waals surface area (Å²) in [5.41, 5.74) is 0. The summed E-state index contributed by atoms with van der Waals surface area (Å²) >= 11 is 0. The molecule has 0 aromatic heterocycles. The monoisotopic (exact) mass is 210 g/mol. The highest BCUT2D eigenvalue weighted by atomic mass is 15.1. The van der Waals surface area contributed by atoms with Gasteiger partial charge in [0, 0.05) is 12.6 Å².